The Morgan fingerprint density at radius 1 is 1.21 bits per heavy atom. The molecule has 152 valence electrons. The van der Waals surface area contributed by atoms with Crippen LogP contribution < -0.4 is 10.1 Å². The van der Waals surface area contributed by atoms with Gasteiger partial charge in [0.1, 0.15) is 11.6 Å². The first-order valence-electron chi connectivity index (χ1n) is 9.15. The predicted octanol–water partition coefficient (Wildman–Crippen LogP) is 4.45. The fourth-order valence-electron chi connectivity index (χ4n) is 2.56. The lowest BCUT2D eigenvalue weighted by Gasteiger charge is -2.16. The highest BCUT2D eigenvalue weighted by Crippen LogP contribution is 2.23. The third-order valence-corrected chi connectivity index (χ3v) is 5.11. The van der Waals surface area contributed by atoms with Gasteiger partial charge in [-0.05, 0) is 56.2 Å². The van der Waals surface area contributed by atoms with E-state index < -0.39 is 5.25 Å². The van der Waals surface area contributed by atoms with Crippen molar-refractivity contribution in [2.75, 3.05) is 0 Å². The van der Waals surface area contributed by atoms with E-state index >= 15 is 0 Å². The second-order valence-corrected chi connectivity index (χ2v) is 7.90. The predicted molar refractivity (Wildman–Crippen MR) is 108 cm³/mol. The zero-order valence-corrected chi connectivity index (χ0v) is 17.2. The number of ether oxygens (including phenoxy) is 1. The molecular weight excluding hydrogens is 393 g/mol. The molecule has 8 heteroatoms. The van der Waals surface area contributed by atoms with Gasteiger partial charge in [-0.1, -0.05) is 36.0 Å². The first-order valence-corrected chi connectivity index (χ1v) is 10.0. The molecule has 6 nitrogen and oxygen atoms in total. The number of amides is 1. The Balaban J connectivity index is 1.50. The summed E-state index contributed by atoms with van der Waals surface area (Å²) in [5, 5.41) is 10.7. The zero-order valence-electron chi connectivity index (χ0n) is 16.4. The van der Waals surface area contributed by atoms with Crippen molar-refractivity contribution in [1.82, 2.24) is 15.5 Å². The van der Waals surface area contributed by atoms with Crippen LogP contribution in [0.1, 0.15) is 36.9 Å². The molecule has 1 amide bonds. The van der Waals surface area contributed by atoms with Crippen molar-refractivity contribution >= 4 is 17.7 Å². The zero-order chi connectivity index (χ0) is 20.8. The smallest absolute Gasteiger partial charge is 0.277 e. The van der Waals surface area contributed by atoms with Crippen LogP contribution >= 0.6 is 11.8 Å². The van der Waals surface area contributed by atoms with Gasteiger partial charge in [-0.3, -0.25) is 4.79 Å². The number of carbonyl (C=O) groups is 1. The van der Waals surface area contributed by atoms with Crippen molar-refractivity contribution in [2.45, 2.75) is 43.9 Å². The Hall–Kier alpha value is -2.87. The maximum Gasteiger partial charge on any atom is 0.277 e. The van der Waals surface area contributed by atoms with Gasteiger partial charge < -0.3 is 14.5 Å². The summed E-state index contributed by atoms with van der Waals surface area (Å²) in [5.74, 6) is 0.568. The summed E-state index contributed by atoms with van der Waals surface area (Å²) in [6.45, 7) is 5.73. The van der Waals surface area contributed by atoms with Crippen molar-refractivity contribution in [3.8, 4) is 5.75 Å². The van der Waals surface area contributed by atoms with Crippen LogP contribution in [0.2, 0.25) is 0 Å². The number of halogens is 1. The number of hydrogen-bond donors (Lipinski definition) is 1. The minimum absolute atomic E-state index is 0.152. The number of aryl methyl sites for hydroxylation is 1. The molecule has 29 heavy (non-hydrogen) atoms. The lowest BCUT2D eigenvalue weighted by atomic mass is 10.1. The summed E-state index contributed by atoms with van der Waals surface area (Å²) in [5.41, 5.74) is 1.92. The van der Waals surface area contributed by atoms with Crippen molar-refractivity contribution < 1.29 is 18.3 Å². The van der Waals surface area contributed by atoms with E-state index in [1.54, 1.807) is 19.1 Å². The van der Waals surface area contributed by atoms with Crippen LogP contribution in [0.25, 0.3) is 0 Å². The fraction of sp³-hybridized carbons (Fsp3) is 0.286. The number of nitrogens with zero attached hydrogens (tertiary/aromatic N) is 2. The summed E-state index contributed by atoms with van der Waals surface area (Å²) in [7, 11) is 0. The molecule has 2 atom stereocenters. The van der Waals surface area contributed by atoms with E-state index in [0.29, 0.717) is 11.1 Å². The number of benzene rings is 2. The van der Waals surface area contributed by atoms with Crippen LogP contribution in [-0.4, -0.2) is 21.4 Å². The van der Waals surface area contributed by atoms with Gasteiger partial charge >= 0.3 is 0 Å². The van der Waals surface area contributed by atoms with Crippen LogP contribution in [0.4, 0.5) is 4.39 Å². The van der Waals surface area contributed by atoms with Crippen LogP contribution in [0.3, 0.4) is 0 Å². The van der Waals surface area contributed by atoms with E-state index in [4.69, 9.17) is 9.15 Å². The van der Waals surface area contributed by atoms with E-state index in [2.05, 4.69) is 15.5 Å². The molecule has 0 bridgehead atoms. The molecule has 0 saturated heterocycles. The van der Waals surface area contributed by atoms with E-state index in [1.807, 2.05) is 38.1 Å². The topological polar surface area (TPSA) is 77.2 Å². The molecule has 2 aromatic carbocycles. The van der Waals surface area contributed by atoms with Crippen LogP contribution in [0, 0.1) is 12.7 Å². The molecule has 0 aliphatic rings. The number of aromatic nitrogens is 2. The molecule has 0 fully saturated rings. The quantitative estimate of drug-likeness (QED) is 0.548. The molecule has 0 radical (unpaired) electrons. The van der Waals surface area contributed by atoms with Gasteiger partial charge in [-0.2, -0.15) is 0 Å². The van der Waals surface area contributed by atoms with E-state index in [-0.39, 0.29) is 24.4 Å². The molecule has 0 unspecified atom stereocenters. The summed E-state index contributed by atoms with van der Waals surface area (Å²) < 4.78 is 24.2. The van der Waals surface area contributed by atoms with Crippen molar-refractivity contribution in [2.24, 2.45) is 0 Å². The SMILES string of the molecule is Cc1cccc(OCc2nnc(S[C@@H](C)C(=O)N[C@@H](C)c3ccc(F)cc3)o2)c1. The minimum Gasteiger partial charge on any atom is -0.484 e. The summed E-state index contributed by atoms with van der Waals surface area (Å²) in [6, 6.07) is 13.5. The minimum atomic E-state index is -0.441. The van der Waals surface area contributed by atoms with Crippen LogP contribution in [0.5, 0.6) is 5.75 Å². The summed E-state index contributed by atoms with van der Waals surface area (Å²) in [6.07, 6.45) is 0. The molecule has 3 aromatic rings. The highest BCUT2D eigenvalue weighted by atomic mass is 32.2. The second-order valence-electron chi connectivity index (χ2n) is 6.61. The van der Waals surface area contributed by atoms with Crippen molar-refractivity contribution in [1.29, 1.82) is 0 Å². The van der Waals surface area contributed by atoms with Crippen LogP contribution in [-0.2, 0) is 11.4 Å². The van der Waals surface area contributed by atoms with Gasteiger partial charge in [0.15, 0.2) is 6.61 Å². The van der Waals surface area contributed by atoms with Gasteiger partial charge in [-0.25, -0.2) is 4.39 Å². The van der Waals surface area contributed by atoms with Crippen molar-refractivity contribution in [3.63, 3.8) is 0 Å². The molecule has 0 spiro atoms. The van der Waals surface area contributed by atoms with Crippen molar-refractivity contribution in [3.05, 3.63) is 71.4 Å². The Morgan fingerprint density at radius 2 is 1.97 bits per heavy atom. The molecule has 3 rings (SSSR count). The fourth-order valence-corrected chi connectivity index (χ4v) is 3.27. The van der Waals surface area contributed by atoms with Gasteiger partial charge in [-0.15, -0.1) is 10.2 Å². The van der Waals surface area contributed by atoms with Crippen LogP contribution in [0.15, 0.2) is 58.2 Å². The second kappa shape index (κ2) is 9.56. The number of thioether (sulfide) groups is 1. The third-order valence-electron chi connectivity index (χ3n) is 4.18. The highest BCUT2D eigenvalue weighted by molar-refractivity contribution is 8.00. The van der Waals surface area contributed by atoms with Gasteiger partial charge in [0.05, 0.1) is 11.3 Å². The first kappa shape index (κ1) is 20.9. The average Bonchev–Trinajstić information content (AvgIpc) is 3.14. The molecule has 1 N–H and O–H groups in total. The first-order chi connectivity index (χ1) is 13.9. The Labute approximate surface area is 172 Å². The van der Waals surface area contributed by atoms with E-state index in [1.165, 1.54) is 23.9 Å². The van der Waals surface area contributed by atoms with E-state index in [9.17, 15) is 9.18 Å². The Kier molecular flexibility index (Phi) is 6.87. The van der Waals surface area contributed by atoms with Gasteiger partial charge in [0.2, 0.25) is 5.91 Å². The Morgan fingerprint density at radius 3 is 2.69 bits per heavy atom. The van der Waals surface area contributed by atoms with Gasteiger partial charge in [0, 0.05) is 0 Å². The molecule has 0 aliphatic carbocycles. The lowest BCUT2D eigenvalue weighted by Crippen LogP contribution is -2.33. The van der Waals surface area contributed by atoms with Gasteiger partial charge in [0.25, 0.3) is 11.1 Å². The molecule has 1 aromatic heterocycles. The molecule has 0 aliphatic heterocycles. The molecule has 1 heterocycles. The Bertz CT molecular complexity index is 962. The maximum atomic E-state index is 13.0. The maximum absolute atomic E-state index is 13.0. The normalized spacial score (nSPS) is 13.0. The third kappa shape index (κ3) is 6.05. The number of rotatable bonds is 8. The summed E-state index contributed by atoms with van der Waals surface area (Å²) >= 11 is 1.17. The standard InChI is InChI=1S/C21H22FN3O3S/c1-13-5-4-6-18(11-13)27-12-19-24-25-21(28-19)29-15(3)20(26)23-14(2)16-7-9-17(22)10-8-16/h4-11,14-15H,12H2,1-3H3,(H,23,26)/t14-,15-/m0/s1. The average molecular weight is 415 g/mol. The highest BCUT2D eigenvalue weighted by Gasteiger charge is 2.20. The number of hydrogen-bond acceptors (Lipinski definition) is 6. The van der Waals surface area contributed by atoms with E-state index in [0.717, 1.165) is 16.9 Å². The monoisotopic (exact) mass is 415 g/mol. The number of nitrogens with one attached hydrogen (secondary N) is 1. The lowest BCUT2D eigenvalue weighted by molar-refractivity contribution is -0.120. The summed E-state index contributed by atoms with van der Waals surface area (Å²) in [4.78, 5) is 12.4. The molecule has 0 saturated carbocycles. The number of carbonyl (C=O) groups excluding carboxylic acids is 1. The molecular formula is C21H22FN3O3S. The largest absolute Gasteiger partial charge is 0.484 e.